The van der Waals surface area contributed by atoms with Crippen LogP contribution in [-0.4, -0.2) is 17.8 Å². The smallest absolute Gasteiger partial charge is 0.142 e. The lowest BCUT2D eigenvalue weighted by Gasteiger charge is -2.22. The number of benzene rings is 1. The normalized spacial score (nSPS) is 14.6. The summed E-state index contributed by atoms with van der Waals surface area (Å²) in [6, 6.07) is 4.66. The minimum absolute atomic E-state index is 0.0604. The summed E-state index contributed by atoms with van der Waals surface area (Å²) in [6.45, 7) is 4.10. The fourth-order valence-electron chi connectivity index (χ4n) is 1.84. The number of halogens is 2. The third kappa shape index (κ3) is 4.26. The maximum atomic E-state index is 13.3. The van der Waals surface area contributed by atoms with E-state index in [0.29, 0.717) is 0 Å². The van der Waals surface area contributed by atoms with E-state index in [1.54, 1.807) is 6.07 Å². The predicted octanol–water partition coefficient (Wildman–Crippen LogP) is 3.29. The second kappa shape index (κ2) is 6.94. The maximum Gasteiger partial charge on any atom is 0.142 e. The van der Waals surface area contributed by atoms with E-state index in [1.807, 2.05) is 0 Å². The zero-order valence-corrected chi connectivity index (χ0v) is 11.0. The lowest BCUT2D eigenvalue weighted by atomic mass is 10.1. The van der Waals surface area contributed by atoms with Gasteiger partial charge in [0.15, 0.2) is 0 Å². The van der Waals surface area contributed by atoms with Gasteiger partial charge in [0.1, 0.15) is 5.82 Å². The van der Waals surface area contributed by atoms with Gasteiger partial charge < -0.3 is 10.4 Å². The topological polar surface area (TPSA) is 32.3 Å². The van der Waals surface area contributed by atoms with Gasteiger partial charge in [0.25, 0.3) is 0 Å². The molecule has 0 bridgehead atoms. The maximum absolute atomic E-state index is 13.3. The molecule has 2 N–H and O–H groups in total. The van der Waals surface area contributed by atoms with Crippen molar-refractivity contribution in [2.75, 3.05) is 6.61 Å². The molecule has 1 aromatic carbocycles. The van der Waals surface area contributed by atoms with Crippen molar-refractivity contribution in [2.24, 2.45) is 0 Å². The summed E-state index contributed by atoms with van der Waals surface area (Å²) < 4.78 is 13.3. The first-order valence-electron chi connectivity index (χ1n) is 5.90. The molecule has 0 heterocycles. The Bertz CT molecular complexity index is 359. The molecule has 0 aliphatic rings. The van der Waals surface area contributed by atoms with Gasteiger partial charge in [-0.3, -0.25) is 0 Å². The number of aliphatic hydroxyl groups is 1. The van der Waals surface area contributed by atoms with Crippen molar-refractivity contribution in [3.8, 4) is 0 Å². The largest absolute Gasteiger partial charge is 0.394 e. The molecule has 0 aliphatic carbocycles. The fraction of sp³-hybridized carbons (Fsp3) is 0.538. The molecule has 0 spiro atoms. The molecule has 0 saturated carbocycles. The molecule has 0 aliphatic heterocycles. The third-order valence-electron chi connectivity index (χ3n) is 2.74. The van der Waals surface area contributed by atoms with Crippen LogP contribution >= 0.6 is 11.6 Å². The summed E-state index contributed by atoms with van der Waals surface area (Å²) >= 11 is 5.63. The average molecular weight is 260 g/mol. The minimum Gasteiger partial charge on any atom is -0.394 e. The molecule has 2 nitrogen and oxygen atoms in total. The van der Waals surface area contributed by atoms with E-state index < -0.39 is 5.82 Å². The monoisotopic (exact) mass is 259 g/mol. The zero-order chi connectivity index (χ0) is 12.8. The summed E-state index contributed by atoms with van der Waals surface area (Å²) in [5.41, 5.74) is 0.720. The Hall–Kier alpha value is -0.640. The zero-order valence-electron chi connectivity index (χ0n) is 10.2. The van der Waals surface area contributed by atoms with Crippen LogP contribution in [0.15, 0.2) is 18.2 Å². The van der Waals surface area contributed by atoms with E-state index in [4.69, 9.17) is 11.6 Å². The summed E-state index contributed by atoms with van der Waals surface area (Å²) in [5, 5.41) is 12.7. The van der Waals surface area contributed by atoms with Gasteiger partial charge in [-0.2, -0.15) is 0 Å². The number of rotatable bonds is 6. The van der Waals surface area contributed by atoms with E-state index in [0.717, 1.165) is 18.4 Å². The van der Waals surface area contributed by atoms with Crippen LogP contribution in [0.2, 0.25) is 5.02 Å². The SMILES string of the molecule is CCCC(C)NC(CO)c1ccc(Cl)c(F)c1. The first-order chi connectivity index (χ1) is 8.08. The number of hydrogen-bond acceptors (Lipinski definition) is 2. The van der Waals surface area contributed by atoms with E-state index in [-0.39, 0.29) is 23.7 Å². The Morgan fingerprint density at radius 1 is 1.47 bits per heavy atom. The second-order valence-corrected chi connectivity index (χ2v) is 4.67. The molecule has 4 heteroatoms. The van der Waals surface area contributed by atoms with Gasteiger partial charge >= 0.3 is 0 Å². The second-order valence-electron chi connectivity index (χ2n) is 4.27. The van der Waals surface area contributed by atoms with Crippen molar-refractivity contribution >= 4 is 11.6 Å². The molecule has 1 aromatic rings. The van der Waals surface area contributed by atoms with Gasteiger partial charge in [-0.05, 0) is 31.0 Å². The highest BCUT2D eigenvalue weighted by molar-refractivity contribution is 6.30. The van der Waals surface area contributed by atoms with Crippen LogP contribution in [0, 0.1) is 5.82 Å². The van der Waals surface area contributed by atoms with Gasteiger partial charge in [-0.1, -0.05) is 31.0 Å². The van der Waals surface area contributed by atoms with Gasteiger partial charge in [-0.15, -0.1) is 0 Å². The Morgan fingerprint density at radius 2 is 2.18 bits per heavy atom. The van der Waals surface area contributed by atoms with Gasteiger partial charge in [-0.25, -0.2) is 4.39 Å². The standard InChI is InChI=1S/C13H19ClFNO/c1-3-4-9(2)16-13(8-17)10-5-6-11(14)12(15)7-10/h5-7,9,13,16-17H,3-4,8H2,1-2H3. The molecule has 96 valence electrons. The van der Waals surface area contributed by atoms with Crippen LogP contribution in [0.3, 0.4) is 0 Å². The van der Waals surface area contributed by atoms with Crippen LogP contribution in [0.1, 0.15) is 38.3 Å². The first kappa shape index (κ1) is 14.4. The summed E-state index contributed by atoms with van der Waals surface area (Å²) in [7, 11) is 0. The molecule has 0 amide bonds. The summed E-state index contributed by atoms with van der Waals surface area (Å²) in [6.07, 6.45) is 2.09. The lowest BCUT2D eigenvalue weighted by molar-refractivity contribution is 0.232. The van der Waals surface area contributed by atoms with Gasteiger partial charge in [0, 0.05) is 6.04 Å². The molecule has 1 rings (SSSR count). The summed E-state index contributed by atoms with van der Waals surface area (Å²) in [5.74, 6) is -0.451. The molecule has 0 fully saturated rings. The number of hydrogen-bond donors (Lipinski definition) is 2. The lowest BCUT2D eigenvalue weighted by Crippen LogP contribution is -2.32. The fourth-order valence-corrected chi connectivity index (χ4v) is 1.96. The highest BCUT2D eigenvalue weighted by Gasteiger charge is 2.14. The van der Waals surface area contributed by atoms with E-state index in [2.05, 4.69) is 19.2 Å². The molecule has 0 aromatic heterocycles. The van der Waals surface area contributed by atoms with Crippen LogP contribution in [0.5, 0.6) is 0 Å². The molecule has 0 saturated heterocycles. The van der Waals surface area contributed by atoms with Crippen molar-refractivity contribution in [3.63, 3.8) is 0 Å². The summed E-state index contributed by atoms with van der Waals surface area (Å²) in [4.78, 5) is 0. The minimum atomic E-state index is -0.451. The first-order valence-corrected chi connectivity index (χ1v) is 6.28. The Balaban J connectivity index is 2.75. The Morgan fingerprint density at radius 3 is 2.71 bits per heavy atom. The quantitative estimate of drug-likeness (QED) is 0.822. The molecule has 0 radical (unpaired) electrons. The highest BCUT2D eigenvalue weighted by atomic mass is 35.5. The third-order valence-corrected chi connectivity index (χ3v) is 3.04. The van der Waals surface area contributed by atoms with Crippen LogP contribution < -0.4 is 5.32 Å². The van der Waals surface area contributed by atoms with Crippen molar-refractivity contribution in [2.45, 2.75) is 38.8 Å². The molecular weight excluding hydrogens is 241 g/mol. The Labute approximate surface area is 107 Å². The van der Waals surface area contributed by atoms with Crippen molar-refractivity contribution in [1.82, 2.24) is 5.32 Å². The predicted molar refractivity (Wildman–Crippen MR) is 68.7 cm³/mol. The highest BCUT2D eigenvalue weighted by Crippen LogP contribution is 2.20. The van der Waals surface area contributed by atoms with Crippen molar-refractivity contribution < 1.29 is 9.50 Å². The number of nitrogens with one attached hydrogen (secondary N) is 1. The molecular formula is C13H19ClFNO. The van der Waals surface area contributed by atoms with Gasteiger partial charge in [0.05, 0.1) is 17.7 Å². The Kier molecular flexibility index (Phi) is 5.89. The van der Waals surface area contributed by atoms with E-state index >= 15 is 0 Å². The van der Waals surface area contributed by atoms with Crippen molar-refractivity contribution in [3.05, 3.63) is 34.6 Å². The average Bonchev–Trinajstić information content (AvgIpc) is 2.30. The molecule has 2 atom stereocenters. The molecule has 17 heavy (non-hydrogen) atoms. The van der Waals surface area contributed by atoms with Crippen LogP contribution in [-0.2, 0) is 0 Å². The van der Waals surface area contributed by atoms with Crippen LogP contribution in [0.25, 0.3) is 0 Å². The van der Waals surface area contributed by atoms with Crippen molar-refractivity contribution in [1.29, 1.82) is 0 Å². The number of aliphatic hydroxyl groups excluding tert-OH is 1. The van der Waals surface area contributed by atoms with E-state index in [1.165, 1.54) is 12.1 Å². The van der Waals surface area contributed by atoms with E-state index in [9.17, 15) is 9.50 Å². The molecule has 2 unspecified atom stereocenters. The van der Waals surface area contributed by atoms with Gasteiger partial charge in [0.2, 0.25) is 0 Å². The van der Waals surface area contributed by atoms with Crippen LogP contribution in [0.4, 0.5) is 4.39 Å².